The maximum Gasteiger partial charge on any atom is 0.248 e. The Balaban J connectivity index is 3.28. The molecule has 1 aromatic rings. The van der Waals surface area contributed by atoms with E-state index in [-0.39, 0.29) is 5.41 Å². The van der Waals surface area contributed by atoms with Gasteiger partial charge in [0.05, 0.1) is 0 Å². The average Bonchev–Trinajstić information content (AvgIpc) is 2.01. The van der Waals surface area contributed by atoms with E-state index >= 15 is 0 Å². The fraction of sp³-hybridized carbons (Fsp3) is 0.400. The molecule has 0 aromatic carbocycles. The number of carbonyl (C=O) groups is 1. The molecule has 2 N–H and O–H groups in total. The molecule has 0 radical (unpaired) electrons. The smallest absolute Gasteiger partial charge is 0.248 e. The minimum absolute atomic E-state index is 0.0893. The summed E-state index contributed by atoms with van der Waals surface area (Å²) in [5, 5.41) is 0. The Kier molecular flexibility index (Phi) is 2.95. The van der Waals surface area contributed by atoms with E-state index in [2.05, 4.69) is 20.9 Å². The van der Waals surface area contributed by atoms with Crippen LogP contribution in [0.3, 0.4) is 0 Å². The van der Waals surface area contributed by atoms with E-state index in [0.29, 0.717) is 10.2 Å². The first kappa shape index (κ1) is 11.2. The third-order valence-electron chi connectivity index (χ3n) is 1.85. The highest BCUT2D eigenvalue weighted by Gasteiger charge is 2.17. The second kappa shape index (κ2) is 3.69. The van der Waals surface area contributed by atoms with Gasteiger partial charge in [-0.05, 0) is 28.1 Å². The summed E-state index contributed by atoms with van der Waals surface area (Å²) in [5.74, 6) is -0.432. The number of nitrogens with two attached hydrogens (primary N) is 1. The standard InChI is InChI=1S/C10H13BrN2O/c1-10(2,3)7-4-6(9(12)14)5-8(11)13-7/h4-5H,1-3H3,(H2,12,14). The highest BCUT2D eigenvalue weighted by molar-refractivity contribution is 9.10. The molecular weight excluding hydrogens is 244 g/mol. The van der Waals surface area contributed by atoms with Crippen LogP contribution in [-0.2, 0) is 5.41 Å². The minimum Gasteiger partial charge on any atom is -0.366 e. The summed E-state index contributed by atoms with van der Waals surface area (Å²) in [6.45, 7) is 6.10. The second-order valence-electron chi connectivity index (χ2n) is 4.18. The Bertz CT molecular complexity index is 369. The number of pyridine rings is 1. The molecule has 1 rings (SSSR count). The summed E-state index contributed by atoms with van der Waals surface area (Å²) in [4.78, 5) is 15.3. The first-order valence-corrected chi connectivity index (χ1v) is 5.08. The lowest BCUT2D eigenvalue weighted by atomic mass is 9.91. The summed E-state index contributed by atoms with van der Waals surface area (Å²) in [5.41, 5.74) is 6.45. The first-order valence-electron chi connectivity index (χ1n) is 4.28. The van der Waals surface area contributed by atoms with Gasteiger partial charge in [-0.25, -0.2) is 4.98 Å². The van der Waals surface area contributed by atoms with Crippen LogP contribution in [0, 0.1) is 0 Å². The lowest BCUT2D eigenvalue weighted by molar-refractivity contribution is 0.1000. The maximum atomic E-state index is 11.0. The highest BCUT2D eigenvalue weighted by atomic mass is 79.9. The molecule has 1 amide bonds. The lowest BCUT2D eigenvalue weighted by Gasteiger charge is -2.18. The molecule has 14 heavy (non-hydrogen) atoms. The number of primary amides is 1. The normalized spacial score (nSPS) is 11.4. The lowest BCUT2D eigenvalue weighted by Crippen LogP contribution is -2.17. The van der Waals surface area contributed by atoms with Crippen LogP contribution >= 0.6 is 15.9 Å². The summed E-state index contributed by atoms with van der Waals surface area (Å²) in [6, 6.07) is 3.35. The zero-order valence-electron chi connectivity index (χ0n) is 8.47. The van der Waals surface area contributed by atoms with Gasteiger partial charge < -0.3 is 5.73 Å². The van der Waals surface area contributed by atoms with Crippen molar-refractivity contribution in [2.75, 3.05) is 0 Å². The SMILES string of the molecule is CC(C)(C)c1cc(C(N)=O)cc(Br)n1. The Morgan fingerprint density at radius 2 is 2.00 bits per heavy atom. The molecule has 3 nitrogen and oxygen atoms in total. The van der Waals surface area contributed by atoms with Gasteiger partial charge in [-0.2, -0.15) is 0 Å². The monoisotopic (exact) mass is 256 g/mol. The predicted molar refractivity (Wildman–Crippen MR) is 59.2 cm³/mol. The number of hydrogen-bond donors (Lipinski definition) is 1. The van der Waals surface area contributed by atoms with E-state index in [9.17, 15) is 4.79 Å². The molecule has 0 bridgehead atoms. The fourth-order valence-electron chi connectivity index (χ4n) is 1.02. The van der Waals surface area contributed by atoms with E-state index in [1.165, 1.54) is 0 Å². The quantitative estimate of drug-likeness (QED) is 0.784. The number of aromatic nitrogens is 1. The fourth-order valence-corrected chi connectivity index (χ4v) is 1.46. The van der Waals surface area contributed by atoms with E-state index in [1.807, 2.05) is 20.8 Å². The molecule has 0 saturated heterocycles. The molecule has 0 aliphatic rings. The van der Waals surface area contributed by atoms with Gasteiger partial charge in [0.25, 0.3) is 0 Å². The van der Waals surface area contributed by atoms with Crippen LogP contribution in [0.1, 0.15) is 36.8 Å². The van der Waals surface area contributed by atoms with Crippen molar-refractivity contribution in [1.29, 1.82) is 0 Å². The van der Waals surface area contributed by atoms with E-state index in [1.54, 1.807) is 12.1 Å². The van der Waals surface area contributed by atoms with E-state index < -0.39 is 5.91 Å². The van der Waals surface area contributed by atoms with Crippen molar-refractivity contribution in [3.05, 3.63) is 28.0 Å². The third-order valence-corrected chi connectivity index (χ3v) is 2.25. The summed E-state index contributed by atoms with van der Waals surface area (Å²) < 4.78 is 0.638. The topological polar surface area (TPSA) is 56.0 Å². The van der Waals surface area contributed by atoms with Crippen molar-refractivity contribution in [2.45, 2.75) is 26.2 Å². The number of halogens is 1. The summed E-state index contributed by atoms with van der Waals surface area (Å²) in [6.07, 6.45) is 0. The number of hydrogen-bond acceptors (Lipinski definition) is 2. The van der Waals surface area contributed by atoms with Crippen LogP contribution in [0.25, 0.3) is 0 Å². The molecule has 0 fully saturated rings. The molecule has 1 aromatic heterocycles. The summed E-state index contributed by atoms with van der Waals surface area (Å²) >= 11 is 3.25. The maximum absolute atomic E-state index is 11.0. The van der Waals surface area contributed by atoms with Crippen LogP contribution in [-0.4, -0.2) is 10.9 Å². The van der Waals surface area contributed by atoms with Gasteiger partial charge in [0.1, 0.15) is 4.60 Å². The second-order valence-corrected chi connectivity index (χ2v) is 4.99. The number of rotatable bonds is 1. The van der Waals surface area contributed by atoms with Crippen LogP contribution in [0.15, 0.2) is 16.7 Å². The molecule has 1 heterocycles. The Morgan fingerprint density at radius 3 is 2.43 bits per heavy atom. The molecule has 0 aliphatic carbocycles. The van der Waals surface area contributed by atoms with Gasteiger partial charge in [0.15, 0.2) is 0 Å². The molecule has 0 atom stereocenters. The van der Waals surface area contributed by atoms with Gasteiger partial charge in [-0.15, -0.1) is 0 Å². The van der Waals surface area contributed by atoms with Crippen molar-refractivity contribution < 1.29 is 4.79 Å². The number of nitrogens with zero attached hydrogens (tertiary/aromatic N) is 1. The first-order chi connectivity index (χ1) is 6.30. The van der Waals surface area contributed by atoms with E-state index in [0.717, 1.165) is 5.69 Å². The molecule has 0 unspecified atom stereocenters. The Hall–Kier alpha value is -0.900. The zero-order chi connectivity index (χ0) is 10.9. The molecule has 4 heteroatoms. The van der Waals surface area contributed by atoms with Crippen molar-refractivity contribution in [3.63, 3.8) is 0 Å². The molecule has 0 spiro atoms. The number of amides is 1. The van der Waals surface area contributed by atoms with Crippen molar-refractivity contribution in [2.24, 2.45) is 5.73 Å². The van der Waals surface area contributed by atoms with Gasteiger partial charge in [-0.1, -0.05) is 20.8 Å². The van der Waals surface area contributed by atoms with Crippen LogP contribution in [0.4, 0.5) is 0 Å². The van der Waals surface area contributed by atoms with Gasteiger partial charge in [0.2, 0.25) is 5.91 Å². The predicted octanol–water partition coefficient (Wildman–Crippen LogP) is 2.24. The molecule has 0 saturated carbocycles. The Morgan fingerprint density at radius 1 is 1.43 bits per heavy atom. The molecule has 76 valence electrons. The van der Waals surface area contributed by atoms with Gasteiger partial charge in [-0.3, -0.25) is 4.79 Å². The molecular formula is C10H13BrN2O. The molecule has 0 aliphatic heterocycles. The van der Waals surface area contributed by atoms with Crippen molar-refractivity contribution in [1.82, 2.24) is 4.98 Å². The van der Waals surface area contributed by atoms with E-state index in [4.69, 9.17) is 5.73 Å². The van der Waals surface area contributed by atoms with Crippen LogP contribution < -0.4 is 5.73 Å². The third kappa shape index (κ3) is 2.54. The van der Waals surface area contributed by atoms with Crippen molar-refractivity contribution in [3.8, 4) is 0 Å². The largest absolute Gasteiger partial charge is 0.366 e. The van der Waals surface area contributed by atoms with Crippen molar-refractivity contribution >= 4 is 21.8 Å². The zero-order valence-corrected chi connectivity index (χ0v) is 10.1. The van der Waals surface area contributed by atoms with Crippen LogP contribution in [0.5, 0.6) is 0 Å². The van der Waals surface area contributed by atoms with Gasteiger partial charge in [0, 0.05) is 16.7 Å². The number of carbonyl (C=O) groups excluding carboxylic acids is 1. The summed E-state index contributed by atoms with van der Waals surface area (Å²) in [7, 11) is 0. The Labute approximate surface area is 91.8 Å². The highest BCUT2D eigenvalue weighted by Crippen LogP contribution is 2.23. The van der Waals surface area contributed by atoms with Crippen LogP contribution in [0.2, 0.25) is 0 Å². The average molecular weight is 257 g/mol. The van der Waals surface area contributed by atoms with Gasteiger partial charge >= 0.3 is 0 Å². The minimum atomic E-state index is -0.432.